The molecule has 5 heteroatoms. The molecule has 0 aliphatic heterocycles. The third-order valence-corrected chi connectivity index (χ3v) is 10.8. The summed E-state index contributed by atoms with van der Waals surface area (Å²) in [5.41, 5.74) is 1.20. The highest BCUT2D eigenvalue weighted by Crippen LogP contribution is 2.36. The maximum Gasteiger partial charge on any atom is 0.342 e. The zero-order chi connectivity index (χ0) is 20.2. The molecular formula is C22H28O4Si. The van der Waals surface area contributed by atoms with Gasteiger partial charge in [0.2, 0.25) is 0 Å². The van der Waals surface area contributed by atoms with Gasteiger partial charge in [-0.15, -0.1) is 0 Å². The number of carbonyl (C=O) groups excluding carboxylic acids is 2. The molecule has 0 saturated heterocycles. The van der Waals surface area contributed by atoms with Crippen LogP contribution in [-0.2, 0) is 16.1 Å². The Morgan fingerprint density at radius 2 is 1.63 bits per heavy atom. The highest BCUT2D eigenvalue weighted by molar-refractivity contribution is 6.92. The first-order valence-corrected chi connectivity index (χ1v) is 12.1. The minimum Gasteiger partial charge on any atom is -0.457 e. The van der Waals surface area contributed by atoms with Gasteiger partial charge >= 0.3 is 11.9 Å². The molecular weight excluding hydrogens is 356 g/mol. The molecule has 0 heterocycles. The standard InChI is InChI=1S/C22H28O4Si/c1-16(23)26-20-13-12-18(27(5,6)22(2,3)4)14-19(20)21(24)25-15-17-10-8-7-9-11-17/h7-14H,15H2,1-6H3. The molecule has 0 aliphatic rings. The second-order valence-corrected chi connectivity index (χ2v) is 13.6. The van der Waals surface area contributed by atoms with E-state index in [9.17, 15) is 9.59 Å². The summed E-state index contributed by atoms with van der Waals surface area (Å²) >= 11 is 0. The van der Waals surface area contributed by atoms with Gasteiger partial charge in [-0.1, -0.05) is 75.5 Å². The van der Waals surface area contributed by atoms with Crippen LogP contribution in [0.3, 0.4) is 0 Å². The van der Waals surface area contributed by atoms with E-state index in [0.717, 1.165) is 10.8 Å². The molecule has 0 spiro atoms. The van der Waals surface area contributed by atoms with Gasteiger partial charge in [-0.3, -0.25) is 4.79 Å². The molecule has 0 fully saturated rings. The Hall–Kier alpha value is -2.40. The lowest BCUT2D eigenvalue weighted by Crippen LogP contribution is -2.49. The number of carbonyl (C=O) groups is 2. The van der Waals surface area contributed by atoms with Crippen LogP contribution in [0.25, 0.3) is 0 Å². The van der Waals surface area contributed by atoms with E-state index < -0.39 is 20.0 Å². The Kier molecular flexibility index (Phi) is 6.26. The second kappa shape index (κ2) is 8.09. The maximum absolute atomic E-state index is 12.8. The van der Waals surface area contributed by atoms with Gasteiger partial charge in [0.15, 0.2) is 0 Å². The van der Waals surface area contributed by atoms with Crippen LogP contribution in [0.5, 0.6) is 5.75 Å². The largest absolute Gasteiger partial charge is 0.457 e. The first kappa shape index (κ1) is 20.9. The molecule has 2 rings (SSSR count). The van der Waals surface area contributed by atoms with Gasteiger partial charge in [-0.2, -0.15) is 0 Å². The number of hydrogen-bond donors (Lipinski definition) is 0. The van der Waals surface area contributed by atoms with Crippen LogP contribution in [0.1, 0.15) is 43.6 Å². The fraction of sp³-hybridized carbons (Fsp3) is 0.364. The summed E-state index contributed by atoms with van der Waals surface area (Å²) in [6, 6.07) is 15.0. The maximum atomic E-state index is 12.8. The summed E-state index contributed by atoms with van der Waals surface area (Å²) in [6.07, 6.45) is 0. The summed E-state index contributed by atoms with van der Waals surface area (Å²) < 4.78 is 10.7. The highest BCUT2D eigenvalue weighted by atomic mass is 28.3. The van der Waals surface area contributed by atoms with Gasteiger partial charge in [0.05, 0.1) is 8.07 Å². The van der Waals surface area contributed by atoms with Crippen molar-refractivity contribution in [2.75, 3.05) is 0 Å². The van der Waals surface area contributed by atoms with Crippen molar-refractivity contribution >= 4 is 25.2 Å². The molecule has 0 bridgehead atoms. The lowest BCUT2D eigenvalue weighted by molar-refractivity contribution is -0.131. The summed E-state index contributed by atoms with van der Waals surface area (Å²) in [5, 5.41) is 1.24. The van der Waals surface area contributed by atoms with Gasteiger partial charge in [-0.05, 0) is 22.7 Å². The monoisotopic (exact) mass is 384 g/mol. The minimum atomic E-state index is -1.86. The van der Waals surface area contributed by atoms with Crippen molar-refractivity contribution in [1.29, 1.82) is 0 Å². The smallest absolute Gasteiger partial charge is 0.342 e. The van der Waals surface area contributed by atoms with Gasteiger partial charge in [-0.25, -0.2) is 4.79 Å². The SMILES string of the molecule is CC(=O)Oc1ccc([Si](C)(C)C(C)(C)C)cc1C(=O)OCc1ccccc1. The zero-order valence-electron chi connectivity index (χ0n) is 17.0. The predicted octanol–water partition coefficient (Wildman–Crippen LogP) is 4.68. The van der Waals surface area contributed by atoms with Crippen LogP contribution in [0.15, 0.2) is 48.5 Å². The Morgan fingerprint density at radius 1 is 1.00 bits per heavy atom. The molecule has 0 aromatic heterocycles. The number of rotatable bonds is 5. The van der Waals surface area contributed by atoms with E-state index in [4.69, 9.17) is 9.47 Å². The molecule has 0 saturated carbocycles. The molecule has 2 aromatic carbocycles. The van der Waals surface area contributed by atoms with Crippen LogP contribution in [-0.4, -0.2) is 20.0 Å². The molecule has 0 aliphatic carbocycles. The van der Waals surface area contributed by atoms with Crippen molar-refractivity contribution < 1.29 is 19.1 Å². The third-order valence-electron chi connectivity index (χ3n) is 5.26. The van der Waals surface area contributed by atoms with Crippen molar-refractivity contribution in [3.8, 4) is 5.75 Å². The topological polar surface area (TPSA) is 52.6 Å². The lowest BCUT2D eigenvalue weighted by Gasteiger charge is -2.37. The molecule has 0 radical (unpaired) electrons. The van der Waals surface area contributed by atoms with E-state index in [-0.39, 0.29) is 17.4 Å². The number of ether oxygens (including phenoxy) is 2. The Bertz CT molecular complexity index is 820. The minimum absolute atomic E-state index is 0.112. The molecule has 0 unspecified atom stereocenters. The van der Waals surface area contributed by atoms with Crippen molar-refractivity contribution in [3.05, 3.63) is 59.7 Å². The molecule has 27 heavy (non-hydrogen) atoms. The molecule has 4 nitrogen and oxygen atoms in total. The van der Waals surface area contributed by atoms with E-state index >= 15 is 0 Å². The van der Waals surface area contributed by atoms with Crippen LogP contribution in [0.2, 0.25) is 18.1 Å². The van der Waals surface area contributed by atoms with Gasteiger partial charge in [0.25, 0.3) is 0 Å². The molecule has 2 aromatic rings. The Morgan fingerprint density at radius 3 is 2.19 bits per heavy atom. The summed E-state index contributed by atoms with van der Waals surface area (Å²) in [4.78, 5) is 24.2. The van der Waals surface area contributed by atoms with Crippen LogP contribution >= 0.6 is 0 Å². The van der Waals surface area contributed by atoms with Crippen molar-refractivity contribution in [2.45, 2.75) is 52.4 Å². The number of benzene rings is 2. The fourth-order valence-corrected chi connectivity index (χ4v) is 4.43. The third kappa shape index (κ3) is 5.07. The van der Waals surface area contributed by atoms with Crippen LogP contribution in [0.4, 0.5) is 0 Å². The van der Waals surface area contributed by atoms with Gasteiger partial charge in [0.1, 0.15) is 17.9 Å². The normalized spacial score (nSPS) is 11.8. The van der Waals surface area contributed by atoms with E-state index in [1.165, 1.54) is 6.92 Å². The van der Waals surface area contributed by atoms with E-state index in [0.29, 0.717) is 5.56 Å². The average Bonchev–Trinajstić information content (AvgIpc) is 2.59. The van der Waals surface area contributed by atoms with E-state index in [2.05, 4.69) is 33.9 Å². The summed E-state index contributed by atoms with van der Waals surface area (Å²) in [6.45, 7) is 12.7. The first-order chi connectivity index (χ1) is 12.5. The fourth-order valence-electron chi connectivity index (χ4n) is 2.56. The lowest BCUT2D eigenvalue weighted by atomic mass is 10.2. The van der Waals surface area contributed by atoms with Crippen molar-refractivity contribution in [3.63, 3.8) is 0 Å². The van der Waals surface area contributed by atoms with Gasteiger partial charge < -0.3 is 9.47 Å². The Balaban J connectivity index is 2.36. The first-order valence-electron chi connectivity index (χ1n) is 9.06. The van der Waals surface area contributed by atoms with Crippen LogP contribution < -0.4 is 9.92 Å². The molecule has 144 valence electrons. The van der Waals surface area contributed by atoms with E-state index in [1.807, 2.05) is 42.5 Å². The number of esters is 2. The zero-order valence-corrected chi connectivity index (χ0v) is 18.0. The predicted molar refractivity (Wildman–Crippen MR) is 110 cm³/mol. The van der Waals surface area contributed by atoms with Crippen LogP contribution in [0, 0.1) is 0 Å². The van der Waals surface area contributed by atoms with Crippen molar-refractivity contribution in [1.82, 2.24) is 0 Å². The Labute approximate surface area is 162 Å². The average molecular weight is 385 g/mol. The highest BCUT2D eigenvalue weighted by Gasteiger charge is 2.37. The molecule has 0 atom stereocenters. The second-order valence-electron chi connectivity index (χ2n) is 8.24. The van der Waals surface area contributed by atoms with E-state index in [1.54, 1.807) is 6.07 Å². The molecule has 0 amide bonds. The molecule has 0 N–H and O–H groups in total. The summed E-state index contributed by atoms with van der Waals surface area (Å²) in [7, 11) is -1.86. The van der Waals surface area contributed by atoms with Gasteiger partial charge in [0, 0.05) is 6.92 Å². The quantitative estimate of drug-likeness (QED) is 0.426. The number of hydrogen-bond acceptors (Lipinski definition) is 4. The summed E-state index contributed by atoms with van der Waals surface area (Å²) in [5.74, 6) is -0.717. The van der Waals surface area contributed by atoms with Crippen molar-refractivity contribution in [2.24, 2.45) is 0 Å².